The number of hydrogen-bond acceptors (Lipinski definition) is 3. The first-order chi connectivity index (χ1) is 12.3. The van der Waals surface area contributed by atoms with E-state index in [0.29, 0.717) is 22.8 Å². The first kappa shape index (κ1) is 18.2. The number of rotatable bonds is 4. The number of ether oxygens (including phenoxy) is 1. The summed E-state index contributed by atoms with van der Waals surface area (Å²) in [6, 6.07) is 10.8. The molecule has 5 heteroatoms. The summed E-state index contributed by atoms with van der Waals surface area (Å²) in [6.45, 7) is 7.86. The Hall–Kier alpha value is -2.59. The van der Waals surface area contributed by atoms with Crippen LogP contribution in [0.25, 0.3) is 6.08 Å². The van der Waals surface area contributed by atoms with Crippen molar-refractivity contribution in [2.24, 2.45) is 0 Å². The van der Waals surface area contributed by atoms with Gasteiger partial charge in [0.05, 0.1) is 24.6 Å². The van der Waals surface area contributed by atoms with Gasteiger partial charge < -0.3 is 9.64 Å². The van der Waals surface area contributed by atoms with Crippen LogP contribution in [0.4, 0.5) is 5.69 Å². The first-order valence-corrected chi connectivity index (χ1v) is 8.63. The van der Waals surface area contributed by atoms with Gasteiger partial charge in [0.1, 0.15) is 0 Å². The molecule has 3 rings (SSSR count). The van der Waals surface area contributed by atoms with E-state index < -0.39 is 11.4 Å². The molecule has 0 saturated carbocycles. The Morgan fingerprint density at radius 1 is 1.27 bits per heavy atom. The molecule has 0 bridgehead atoms. The number of fused-ring (bicyclic) bond motifs is 1. The Kier molecular flexibility index (Phi) is 4.63. The maximum absolute atomic E-state index is 13.1. The maximum Gasteiger partial charge on any atom is 0.337 e. The molecule has 0 unspecified atom stereocenters. The second-order valence-corrected chi connectivity index (χ2v) is 7.20. The monoisotopic (exact) mass is 369 g/mol. The minimum atomic E-state index is -0.674. The highest BCUT2D eigenvalue weighted by Gasteiger charge is 2.44. The number of nitrogens with zero attached hydrogens (tertiary/aromatic N) is 1. The SMILES string of the molecule is C=Cc1ccc(Cl)c(CN2C(=O)C(C)(C)c3ccc(C(=O)OC)cc32)c1. The number of hydrogen-bond donors (Lipinski definition) is 0. The van der Waals surface area contributed by atoms with Crippen molar-refractivity contribution in [3.05, 3.63) is 70.3 Å². The number of methoxy groups -OCH3 is 1. The number of anilines is 1. The van der Waals surface area contributed by atoms with Gasteiger partial charge in [-0.1, -0.05) is 36.4 Å². The van der Waals surface area contributed by atoms with E-state index in [2.05, 4.69) is 6.58 Å². The van der Waals surface area contributed by atoms with Crippen molar-refractivity contribution in [2.75, 3.05) is 12.0 Å². The summed E-state index contributed by atoms with van der Waals surface area (Å²) in [5.41, 5.74) is 3.08. The summed E-state index contributed by atoms with van der Waals surface area (Å²) in [5.74, 6) is -0.466. The van der Waals surface area contributed by atoms with Crippen LogP contribution in [0, 0.1) is 0 Å². The third-order valence-electron chi connectivity index (χ3n) is 4.80. The summed E-state index contributed by atoms with van der Waals surface area (Å²) >= 11 is 6.34. The van der Waals surface area contributed by atoms with Crippen LogP contribution in [-0.2, 0) is 21.5 Å². The lowest BCUT2D eigenvalue weighted by atomic mass is 9.86. The Morgan fingerprint density at radius 2 is 2.00 bits per heavy atom. The topological polar surface area (TPSA) is 46.6 Å². The van der Waals surface area contributed by atoms with Gasteiger partial charge in [-0.2, -0.15) is 0 Å². The minimum Gasteiger partial charge on any atom is -0.465 e. The van der Waals surface area contributed by atoms with Crippen molar-refractivity contribution in [1.82, 2.24) is 0 Å². The van der Waals surface area contributed by atoms with Crippen LogP contribution >= 0.6 is 11.6 Å². The molecule has 134 valence electrons. The van der Waals surface area contributed by atoms with Gasteiger partial charge in [-0.05, 0) is 54.8 Å². The van der Waals surface area contributed by atoms with E-state index in [1.54, 1.807) is 29.2 Å². The van der Waals surface area contributed by atoms with Gasteiger partial charge in [0, 0.05) is 10.7 Å². The van der Waals surface area contributed by atoms with E-state index >= 15 is 0 Å². The molecule has 0 saturated heterocycles. The lowest BCUT2D eigenvalue weighted by Gasteiger charge is -2.21. The molecule has 1 heterocycles. The van der Waals surface area contributed by atoms with Crippen LogP contribution in [0.3, 0.4) is 0 Å². The van der Waals surface area contributed by atoms with Gasteiger partial charge in [-0.25, -0.2) is 4.79 Å². The fourth-order valence-electron chi connectivity index (χ4n) is 3.26. The number of halogens is 1. The number of carbonyl (C=O) groups is 2. The van der Waals surface area contributed by atoms with E-state index in [9.17, 15) is 9.59 Å². The average molecular weight is 370 g/mol. The molecule has 1 aliphatic heterocycles. The van der Waals surface area contributed by atoms with Crippen molar-refractivity contribution in [2.45, 2.75) is 25.8 Å². The molecule has 0 spiro atoms. The third kappa shape index (κ3) is 2.90. The smallest absolute Gasteiger partial charge is 0.337 e. The zero-order valence-electron chi connectivity index (χ0n) is 15.0. The van der Waals surface area contributed by atoms with E-state index in [4.69, 9.17) is 16.3 Å². The van der Waals surface area contributed by atoms with Crippen molar-refractivity contribution in [1.29, 1.82) is 0 Å². The fourth-order valence-corrected chi connectivity index (χ4v) is 3.44. The highest BCUT2D eigenvalue weighted by molar-refractivity contribution is 6.31. The van der Waals surface area contributed by atoms with Crippen LogP contribution in [-0.4, -0.2) is 19.0 Å². The zero-order chi connectivity index (χ0) is 19.1. The number of carbonyl (C=O) groups excluding carboxylic acids is 2. The lowest BCUT2D eigenvalue weighted by molar-refractivity contribution is -0.122. The molecular formula is C21H20ClNO3. The van der Waals surface area contributed by atoms with E-state index in [1.807, 2.05) is 32.0 Å². The van der Waals surface area contributed by atoms with Gasteiger partial charge in [0.15, 0.2) is 0 Å². The lowest BCUT2D eigenvalue weighted by Crippen LogP contribution is -2.35. The molecule has 0 fully saturated rings. The molecule has 2 aromatic carbocycles. The summed E-state index contributed by atoms with van der Waals surface area (Å²) in [7, 11) is 1.34. The summed E-state index contributed by atoms with van der Waals surface area (Å²) in [6.07, 6.45) is 1.73. The number of esters is 1. The van der Waals surface area contributed by atoms with E-state index in [0.717, 1.165) is 16.7 Å². The van der Waals surface area contributed by atoms with Gasteiger partial charge in [-0.3, -0.25) is 4.79 Å². The highest BCUT2D eigenvalue weighted by Crippen LogP contribution is 2.43. The third-order valence-corrected chi connectivity index (χ3v) is 5.17. The average Bonchev–Trinajstić information content (AvgIpc) is 2.83. The molecule has 4 nitrogen and oxygen atoms in total. The molecule has 0 radical (unpaired) electrons. The predicted molar refractivity (Wildman–Crippen MR) is 104 cm³/mol. The van der Waals surface area contributed by atoms with Crippen molar-refractivity contribution in [3.63, 3.8) is 0 Å². The molecule has 0 aromatic heterocycles. The van der Waals surface area contributed by atoms with Crippen molar-refractivity contribution >= 4 is 35.2 Å². The van der Waals surface area contributed by atoms with Crippen molar-refractivity contribution < 1.29 is 14.3 Å². The highest BCUT2D eigenvalue weighted by atomic mass is 35.5. The first-order valence-electron chi connectivity index (χ1n) is 8.25. The predicted octanol–water partition coefficient (Wildman–Crippen LogP) is 4.59. The molecular weight excluding hydrogens is 350 g/mol. The van der Waals surface area contributed by atoms with Gasteiger partial charge in [0.25, 0.3) is 0 Å². The zero-order valence-corrected chi connectivity index (χ0v) is 15.8. The molecule has 26 heavy (non-hydrogen) atoms. The quantitative estimate of drug-likeness (QED) is 0.740. The van der Waals surface area contributed by atoms with Gasteiger partial charge in [-0.15, -0.1) is 0 Å². The van der Waals surface area contributed by atoms with Crippen molar-refractivity contribution in [3.8, 4) is 0 Å². The molecule has 1 aliphatic rings. The van der Waals surface area contributed by atoms with Crippen LogP contribution < -0.4 is 4.90 Å². The summed E-state index contributed by atoms with van der Waals surface area (Å²) in [4.78, 5) is 26.6. The van der Waals surface area contributed by atoms with Crippen LogP contribution in [0.2, 0.25) is 5.02 Å². The Morgan fingerprint density at radius 3 is 2.65 bits per heavy atom. The van der Waals surface area contributed by atoms with E-state index in [-0.39, 0.29) is 5.91 Å². The molecule has 0 aliphatic carbocycles. The summed E-state index contributed by atoms with van der Waals surface area (Å²) < 4.78 is 4.80. The molecule has 1 amide bonds. The second-order valence-electron chi connectivity index (χ2n) is 6.79. The fraction of sp³-hybridized carbons (Fsp3) is 0.238. The minimum absolute atomic E-state index is 0.0328. The van der Waals surface area contributed by atoms with Crippen LogP contribution in [0.15, 0.2) is 43.0 Å². The molecule has 0 atom stereocenters. The number of amides is 1. The maximum atomic E-state index is 13.1. The van der Waals surface area contributed by atoms with Gasteiger partial charge >= 0.3 is 5.97 Å². The Labute approximate surface area is 158 Å². The van der Waals surface area contributed by atoms with E-state index in [1.165, 1.54) is 7.11 Å². The summed E-state index contributed by atoms with van der Waals surface area (Å²) in [5, 5.41) is 0.582. The number of benzene rings is 2. The molecule has 0 N–H and O–H groups in total. The Balaban J connectivity index is 2.08. The van der Waals surface area contributed by atoms with Gasteiger partial charge in [0.2, 0.25) is 5.91 Å². The second kappa shape index (κ2) is 6.61. The van der Waals surface area contributed by atoms with Crippen LogP contribution in [0.5, 0.6) is 0 Å². The van der Waals surface area contributed by atoms with Crippen LogP contribution in [0.1, 0.15) is 40.9 Å². The normalized spacial score (nSPS) is 14.9. The largest absolute Gasteiger partial charge is 0.465 e. The standard InChI is InChI=1S/C21H20ClNO3/c1-5-13-6-9-17(22)15(10-13)12-23-18-11-14(19(24)26-4)7-8-16(18)21(2,3)20(23)25/h5-11H,1,12H2,2-4H3. The Bertz CT molecular complexity index is 917. The molecule has 2 aromatic rings.